The second-order valence-corrected chi connectivity index (χ2v) is 5.01. The van der Waals surface area contributed by atoms with Crippen LogP contribution < -0.4 is 4.74 Å². The monoisotopic (exact) mass is 336 g/mol. The maximum atomic E-state index is 11.8. The molecule has 0 unspecified atom stereocenters. The standard InChI is InChI=1S/C15H17BrN2O2/c1-3-14-13(15(19)8-16)10-18(17-14)9-11-4-6-12(20-2)7-5-11/h4-7,10H,3,8-9H2,1-2H3. The number of benzene rings is 1. The van der Waals surface area contributed by atoms with Crippen LogP contribution in [0, 0.1) is 0 Å². The molecule has 5 heteroatoms. The minimum atomic E-state index is 0.0721. The van der Waals surface area contributed by atoms with Crippen LogP contribution in [0.2, 0.25) is 0 Å². The predicted octanol–water partition coefficient (Wildman–Crippen LogP) is 3.08. The molecule has 0 radical (unpaired) electrons. The minimum Gasteiger partial charge on any atom is -0.497 e. The number of Topliss-reactive ketones (excluding diaryl/α,β-unsaturated/α-hetero) is 1. The van der Waals surface area contributed by atoms with Gasteiger partial charge in [-0.1, -0.05) is 35.0 Å². The Kier molecular flexibility index (Phi) is 4.95. The highest BCUT2D eigenvalue weighted by Gasteiger charge is 2.14. The van der Waals surface area contributed by atoms with Gasteiger partial charge in [-0.3, -0.25) is 9.48 Å². The van der Waals surface area contributed by atoms with Gasteiger partial charge in [0.1, 0.15) is 5.75 Å². The van der Waals surface area contributed by atoms with Crippen LogP contribution in [0.3, 0.4) is 0 Å². The zero-order valence-corrected chi connectivity index (χ0v) is 13.2. The van der Waals surface area contributed by atoms with E-state index in [4.69, 9.17) is 4.74 Å². The molecule has 0 fully saturated rings. The lowest BCUT2D eigenvalue weighted by Gasteiger charge is -2.03. The molecule has 0 N–H and O–H groups in total. The summed E-state index contributed by atoms with van der Waals surface area (Å²) in [6.45, 7) is 2.65. The lowest BCUT2D eigenvalue weighted by molar-refractivity contribution is 0.102. The maximum absolute atomic E-state index is 11.8. The Morgan fingerprint density at radius 1 is 1.35 bits per heavy atom. The molecule has 0 atom stereocenters. The summed E-state index contributed by atoms with van der Waals surface area (Å²) in [6, 6.07) is 7.84. The highest BCUT2D eigenvalue weighted by Crippen LogP contribution is 2.14. The number of ether oxygens (including phenoxy) is 1. The van der Waals surface area contributed by atoms with E-state index < -0.39 is 0 Å². The molecule has 2 aromatic rings. The largest absolute Gasteiger partial charge is 0.497 e. The van der Waals surface area contributed by atoms with Crippen LogP contribution in [0.25, 0.3) is 0 Å². The molecule has 0 spiro atoms. The van der Waals surface area contributed by atoms with Crippen molar-refractivity contribution in [1.29, 1.82) is 0 Å². The van der Waals surface area contributed by atoms with E-state index in [0.29, 0.717) is 17.4 Å². The Balaban J connectivity index is 2.20. The topological polar surface area (TPSA) is 44.1 Å². The molecule has 2 rings (SSSR count). The number of rotatable bonds is 6. The first kappa shape index (κ1) is 14.8. The van der Waals surface area contributed by atoms with Crippen molar-refractivity contribution in [2.24, 2.45) is 0 Å². The fraction of sp³-hybridized carbons (Fsp3) is 0.333. The molecule has 0 bridgehead atoms. The van der Waals surface area contributed by atoms with Crippen LogP contribution in [0.5, 0.6) is 5.75 Å². The number of hydrogen-bond acceptors (Lipinski definition) is 3. The molecule has 0 saturated carbocycles. The number of alkyl halides is 1. The molecule has 4 nitrogen and oxygen atoms in total. The number of hydrogen-bond donors (Lipinski definition) is 0. The van der Waals surface area contributed by atoms with Crippen molar-refractivity contribution in [2.45, 2.75) is 19.9 Å². The summed E-state index contributed by atoms with van der Waals surface area (Å²) in [6.07, 6.45) is 2.58. The van der Waals surface area contributed by atoms with Gasteiger partial charge in [0.15, 0.2) is 5.78 Å². The van der Waals surface area contributed by atoms with Gasteiger partial charge in [0.05, 0.1) is 30.2 Å². The van der Waals surface area contributed by atoms with E-state index >= 15 is 0 Å². The fourth-order valence-corrected chi connectivity index (χ4v) is 2.33. The first-order valence-electron chi connectivity index (χ1n) is 6.46. The number of aryl methyl sites for hydroxylation is 1. The van der Waals surface area contributed by atoms with Crippen molar-refractivity contribution >= 4 is 21.7 Å². The Bertz CT molecular complexity index is 590. The zero-order chi connectivity index (χ0) is 14.5. The molecule has 0 saturated heterocycles. The van der Waals surface area contributed by atoms with Gasteiger partial charge in [-0.25, -0.2) is 0 Å². The lowest BCUT2D eigenvalue weighted by Crippen LogP contribution is -2.01. The number of carbonyl (C=O) groups excluding carboxylic acids is 1. The second-order valence-electron chi connectivity index (χ2n) is 4.45. The third kappa shape index (κ3) is 3.28. The van der Waals surface area contributed by atoms with Crippen LogP contribution in [-0.4, -0.2) is 28.0 Å². The van der Waals surface area contributed by atoms with Crippen molar-refractivity contribution < 1.29 is 9.53 Å². The molecular weight excluding hydrogens is 320 g/mol. The van der Waals surface area contributed by atoms with E-state index in [1.165, 1.54) is 0 Å². The third-order valence-electron chi connectivity index (χ3n) is 3.10. The summed E-state index contributed by atoms with van der Waals surface area (Å²) in [7, 11) is 1.65. The number of nitrogens with zero attached hydrogens (tertiary/aromatic N) is 2. The predicted molar refractivity (Wildman–Crippen MR) is 81.8 cm³/mol. The number of methoxy groups -OCH3 is 1. The Hall–Kier alpha value is -1.62. The van der Waals surface area contributed by atoms with Gasteiger partial charge in [-0.15, -0.1) is 0 Å². The van der Waals surface area contributed by atoms with Gasteiger partial charge in [-0.2, -0.15) is 5.10 Å². The molecule has 1 aromatic carbocycles. The average molecular weight is 337 g/mol. The van der Waals surface area contributed by atoms with Crippen molar-refractivity contribution in [3.8, 4) is 5.75 Å². The number of aromatic nitrogens is 2. The summed E-state index contributed by atoms with van der Waals surface area (Å²) in [5.74, 6) is 0.904. The Morgan fingerprint density at radius 2 is 2.05 bits per heavy atom. The highest BCUT2D eigenvalue weighted by atomic mass is 79.9. The van der Waals surface area contributed by atoms with Crippen molar-refractivity contribution in [1.82, 2.24) is 9.78 Å². The van der Waals surface area contributed by atoms with Gasteiger partial charge >= 0.3 is 0 Å². The molecule has 1 aromatic heterocycles. The van der Waals surface area contributed by atoms with Crippen LogP contribution >= 0.6 is 15.9 Å². The van der Waals surface area contributed by atoms with Gasteiger partial charge < -0.3 is 4.74 Å². The number of halogens is 1. The molecular formula is C15H17BrN2O2. The smallest absolute Gasteiger partial charge is 0.176 e. The fourth-order valence-electron chi connectivity index (χ4n) is 2.03. The molecule has 0 amide bonds. The SMILES string of the molecule is CCc1nn(Cc2ccc(OC)cc2)cc1C(=O)CBr. The van der Waals surface area contributed by atoms with E-state index in [0.717, 1.165) is 23.4 Å². The van der Waals surface area contributed by atoms with Gasteiger partial charge in [0.25, 0.3) is 0 Å². The van der Waals surface area contributed by atoms with Crippen LogP contribution in [0.4, 0.5) is 0 Å². The highest BCUT2D eigenvalue weighted by molar-refractivity contribution is 9.09. The normalized spacial score (nSPS) is 10.6. The summed E-state index contributed by atoms with van der Waals surface area (Å²) >= 11 is 3.21. The first-order chi connectivity index (χ1) is 9.67. The van der Waals surface area contributed by atoms with Gasteiger partial charge in [0.2, 0.25) is 0 Å². The first-order valence-corrected chi connectivity index (χ1v) is 7.58. The molecule has 1 heterocycles. The van der Waals surface area contributed by atoms with Crippen LogP contribution in [0.15, 0.2) is 30.5 Å². The molecule has 0 aliphatic heterocycles. The molecule has 106 valence electrons. The zero-order valence-electron chi connectivity index (χ0n) is 11.6. The summed E-state index contributed by atoms with van der Waals surface area (Å²) in [5.41, 5.74) is 2.68. The van der Waals surface area contributed by atoms with Crippen molar-refractivity contribution in [3.63, 3.8) is 0 Å². The third-order valence-corrected chi connectivity index (χ3v) is 3.61. The van der Waals surface area contributed by atoms with Crippen molar-refractivity contribution in [3.05, 3.63) is 47.3 Å². The summed E-state index contributed by atoms with van der Waals surface area (Å²) < 4.78 is 6.95. The quantitative estimate of drug-likeness (QED) is 0.601. The Labute approximate surface area is 126 Å². The van der Waals surface area contributed by atoms with E-state index in [9.17, 15) is 4.79 Å². The molecule has 0 aliphatic rings. The average Bonchev–Trinajstić information content (AvgIpc) is 2.90. The summed E-state index contributed by atoms with van der Waals surface area (Å²) in [4.78, 5) is 11.8. The molecule has 0 aliphatic carbocycles. The van der Waals surface area contributed by atoms with Crippen LogP contribution in [-0.2, 0) is 13.0 Å². The Morgan fingerprint density at radius 3 is 2.60 bits per heavy atom. The van der Waals surface area contributed by atoms with E-state index in [1.54, 1.807) is 7.11 Å². The number of ketones is 1. The van der Waals surface area contributed by atoms with Crippen molar-refractivity contribution in [2.75, 3.05) is 12.4 Å². The summed E-state index contributed by atoms with van der Waals surface area (Å²) in [5, 5.41) is 4.81. The minimum absolute atomic E-state index is 0.0721. The number of carbonyl (C=O) groups is 1. The van der Waals surface area contributed by atoms with E-state index in [1.807, 2.05) is 42.1 Å². The van der Waals surface area contributed by atoms with E-state index in [-0.39, 0.29) is 5.78 Å². The van der Waals surface area contributed by atoms with Crippen LogP contribution in [0.1, 0.15) is 28.5 Å². The maximum Gasteiger partial charge on any atom is 0.176 e. The molecule has 20 heavy (non-hydrogen) atoms. The second kappa shape index (κ2) is 6.70. The van der Waals surface area contributed by atoms with E-state index in [2.05, 4.69) is 21.0 Å². The lowest BCUT2D eigenvalue weighted by atomic mass is 10.1. The van der Waals surface area contributed by atoms with Gasteiger partial charge in [-0.05, 0) is 24.1 Å². The van der Waals surface area contributed by atoms with Gasteiger partial charge in [0, 0.05) is 6.20 Å².